The molecule has 0 amide bonds. The summed E-state index contributed by atoms with van der Waals surface area (Å²) in [5.41, 5.74) is 3.72. The van der Waals surface area contributed by atoms with Crippen molar-refractivity contribution in [3.05, 3.63) is 59.3 Å². The van der Waals surface area contributed by atoms with Gasteiger partial charge in [0.1, 0.15) is 5.82 Å². The lowest BCUT2D eigenvalue weighted by molar-refractivity contribution is 0.573. The van der Waals surface area contributed by atoms with Gasteiger partial charge in [-0.25, -0.2) is 9.98 Å². The van der Waals surface area contributed by atoms with Crippen LogP contribution in [-0.2, 0) is 13.1 Å². The van der Waals surface area contributed by atoms with Crippen molar-refractivity contribution in [2.75, 3.05) is 24.5 Å². The van der Waals surface area contributed by atoms with Crippen LogP contribution < -0.4 is 15.5 Å². The quantitative estimate of drug-likeness (QED) is 0.606. The summed E-state index contributed by atoms with van der Waals surface area (Å²) in [6.45, 7) is 8.68. The summed E-state index contributed by atoms with van der Waals surface area (Å²) in [6, 6.07) is 12.8. The van der Waals surface area contributed by atoms with E-state index in [1.807, 2.05) is 6.20 Å². The molecule has 0 unspecified atom stereocenters. The number of pyridine rings is 1. The average molecular weight is 366 g/mol. The number of guanidine groups is 1. The van der Waals surface area contributed by atoms with Crippen LogP contribution >= 0.6 is 0 Å². The molecule has 2 heterocycles. The standard InChI is InChI=1S/C22H31N5/c1-3-23-22(25-16-19-9-7-8-18(2)14-19)26-17-20-10-11-24-21(15-20)27-12-5-4-6-13-27/h7-11,14-15H,3-6,12-13,16-17H2,1-2H3,(H2,23,25,26). The largest absolute Gasteiger partial charge is 0.357 e. The fraction of sp³-hybridized carbons (Fsp3) is 0.455. The Hall–Kier alpha value is -2.56. The van der Waals surface area contributed by atoms with Gasteiger partial charge in [0.2, 0.25) is 0 Å². The van der Waals surface area contributed by atoms with Crippen LogP contribution in [0.2, 0.25) is 0 Å². The summed E-state index contributed by atoms with van der Waals surface area (Å²) >= 11 is 0. The first-order valence-corrected chi connectivity index (χ1v) is 10.0. The number of anilines is 1. The monoisotopic (exact) mass is 365 g/mol. The minimum atomic E-state index is 0.673. The predicted octanol–water partition coefficient (Wildman–Crippen LogP) is 3.64. The highest BCUT2D eigenvalue weighted by Gasteiger charge is 2.12. The summed E-state index contributed by atoms with van der Waals surface area (Å²) in [5.74, 6) is 1.94. The van der Waals surface area contributed by atoms with Crippen LogP contribution in [0.1, 0.15) is 42.9 Å². The number of aryl methyl sites for hydroxylation is 1. The van der Waals surface area contributed by atoms with Gasteiger partial charge in [-0.05, 0) is 56.4 Å². The lowest BCUT2D eigenvalue weighted by atomic mass is 10.1. The first-order valence-electron chi connectivity index (χ1n) is 10.0. The minimum Gasteiger partial charge on any atom is -0.357 e. The van der Waals surface area contributed by atoms with Gasteiger partial charge in [0.05, 0.1) is 6.54 Å². The van der Waals surface area contributed by atoms with Gasteiger partial charge in [0.15, 0.2) is 5.96 Å². The topological polar surface area (TPSA) is 52.6 Å². The van der Waals surface area contributed by atoms with Gasteiger partial charge in [0, 0.05) is 32.4 Å². The van der Waals surface area contributed by atoms with Crippen LogP contribution in [-0.4, -0.2) is 30.6 Å². The van der Waals surface area contributed by atoms with E-state index in [4.69, 9.17) is 4.99 Å². The first kappa shape index (κ1) is 19.2. The molecule has 0 aliphatic carbocycles. The summed E-state index contributed by atoms with van der Waals surface area (Å²) in [4.78, 5) is 11.7. The van der Waals surface area contributed by atoms with Crippen LogP contribution in [0, 0.1) is 6.92 Å². The fourth-order valence-electron chi connectivity index (χ4n) is 3.37. The van der Waals surface area contributed by atoms with E-state index < -0.39 is 0 Å². The molecule has 0 radical (unpaired) electrons. The highest BCUT2D eigenvalue weighted by Crippen LogP contribution is 2.18. The van der Waals surface area contributed by atoms with Gasteiger partial charge < -0.3 is 15.5 Å². The molecule has 1 aromatic heterocycles. The second-order valence-electron chi connectivity index (χ2n) is 7.11. The molecule has 5 heteroatoms. The smallest absolute Gasteiger partial charge is 0.191 e. The van der Waals surface area contributed by atoms with Crippen molar-refractivity contribution in [3.8, 4) is 0 Å². The third-order valence-electron chi connectivity index (χ3n) is 4.80. The van der Waals surface area contributed by atoms with E-state index >= 15 is 0 Å². The van der Waals surface area contributed by atoms with Crippen molar-refractivity contribution >= 4 is 11.8 Å². The Bertz CT molecular complexity index is 750. The van der Waals surface area contributed by atoms with Crippen molar-refractivity contribution in [2.24, 2.45) is 4.99 Å². The number of aromatic nitrogens is 1. The van der Waals surface area contributed by atoms with Crippen molar-refractivity contribution in [1.29, 1.82) is 0 Å². The molecule has 27 heavy (non-hydrogen) atoms. The molecule has 2 N–H and O–H groups in total. The maximum atomic E-state index is 4.72. The van der Waals surface area contributed by atoms with E-state index in [0.717, 1.165) is 38.0 Å². The van der Waals surface area contributed by atoms with Crippen molar-refractivity contribution < 1.29 is 0 Å². The normalized spacial score (nSPS) is 14.9. The summed E-state index contributed by atoms with van der Waals surface area (Å²) < 4.78 is 0. The molecule has 0 bridgehead atoms. The third kappa shape index (κ3) is 5.98. The van der Waals surface area contributed by atoms with E-state index in [1.54, 1.807) is 0 Å². The highest BCUT2D eigenvalue weighted by atomic mass is 15.2. The second kappa shape index (κ2) is 9.95. The van der Waals surface area contributed by atoms with E-state index in [0.29, 0.717) is 6.54 Å². The number of benzene rings is 1. The lowest BCUT2D eigenvalue weighted by Gasteiger charge is -2.28. The van der Waals surface area contributed by atoms with Crippen LogP contribution in [0.25, 0.3) is 0 Å². The van der Waals surface area contributed by atoms with Gasteiger partial charge in [-0.1, -0.05) is 29.8 Å². The van der Waals surface area contributed by atoms with Crippen LogP contribution in [0.5, 0.6) is 0 Å². The Labute approximate surface area is 162 Å². The molecule has 2 aromatic rings. The van der Waals surface area contributed by atoms with Gasteiger partial charge in [-0.3, -0.25) is 0 Å². The van der Waals surface area contributed by atoms with E-state index in [1.165, 1.54) is 36.0 Å². The van der Waals surface area contributed by atoms with Gasteiger partial charge >= 0.3 is 0 Å². The Morgan fingerprint density at radius 1 is 1.07 bits per heavy atom. The summed E-state index contributed by atoms with van der Waals surface area (Å²) in [7, 11) is 0. The van der Waals surface area contributed by atoms with Gasteiger partial charge in [0.25, 0.3) is 0 Å². The van der Waals surface area contributed by atoms with E-state index in [-0.39, 0.29) is 0 Å². The minimum absolute atomic E-state index is 0.673. The van der Waals surface area contributed by atoms with Crippen LogP contribution in [0.4, 0.5) is 5.82 Å². The molecule has 0 saturated carbocycles. The molecule has 1 aliphatic rings. The number of rotatable bonds is 6. The molecule has 5 nitrogen and oxygen atoms in total. The molecule has 1 aromatic carbocycles. The maximum Gasteiger partial charge on any atom is 0.191 e. The van der Waals surface area contributed by atoms with Crippen LogP contribution in [0.3, 0.4) is 0 Å². The van der Waals surface area contributed by atoms with Gasteiger partial charge in [-0.2, -0.15) is 0 Å². The molecule has 3 rings (SSSR count). The molecule has 1 aliphatic heterocycles. The molecule has 1 saturated heterocycles. The second-order valence-corrected chi connectivity index (χ2v) is 7.11. The van der Waals surface area contributed by atoms with E-state index in [9.17, 15) is 0 Å². The van der Waals surface area contributed by atoms with Crippen LogP contribution in [0.15, 0.2) is 47.6 Å². The number of aliphatic imine (C=N–C) groups is 1. The summed E-state index contributed by atoms with van der Waals surface area (Å²) in [6.07, 6.45) is 5.78. The molecule has 0 spiro atoms. The Morgan fingerprint density at radius 3 is 2.70 bits per heavy atom. The number of hydrogen-bond acceptors (Lipinski definition) is 3. The fourth-order valence-corrected chi connectivity index (χ4v) is 3.37. The lowest BCUT2D eigenvalue weighted by Crippen LogP contribution is -2.37. The highest BCUT2D eigenvalue weighted by molar-refractivity contribution is 5.79. The van der Waals surface area contributed by atoms with Crippen molar-refractivity contribution in [1.82, 2.24) is 15.6 Å². The molecular weight excluding hydrogens is 334 g/mol. The molecule has 0 atom stereocenters. The molecule has 144 valence electrons. The number of nitrogens with zero attached hydrogens (tertiary/aromatic N) is 3. The zero-order valence-electron chi connectivity index (χ0n) is 16.5. The average Bonchev–Trinajstić information content (AvgIpc) is 2.71. The van der Waals surface area contributed by atoms with Crippen molar-refractivity contribution in [3.63, 3.8) is 0 Å². The first-order chi connectivity index (χ1) is 13.2. The zero-order valence-corrected chi connectivity index (χ0v) is 16.5. The molecular formula is C22H31N5. The third-order valence-corrected chi connectivity index (χ3v) is 4.80. The SMILES string of the molecule is CCNC(=NCc1cccc(C)c1)NCc1ccnc(N2CCCCC2)c1. The predicted molar refractivity (Wildman–Crippen MR) is 113 cm³/mol. The zero-order chi connectivity index (χ0) is 18.9. The number of nitrogens with one attached hydrogen (secondary N) is 2. The van der Waals surface area contributed by atoms with Crippen molar-refractivity contribution in [2.45, 2.75) is 46.2 Å². The summed E-state index contributed by atoms with van der Waals surface area (Å²) in [5, 5.41) is 6.77. The maximum absolute atomic E-state index is 4.72. The Morgan fingerprint density at radius 2 is 1.93 bits per heavy atom. The number of hydrogen-bond donors (Lipinski definition) is 2. The number of piperidine rings is 1. The Kier molecular flexibility index (Phi) is 7.08. The Balaban J connectivity index is 1.61. The van der Waals surface area contributed by atoms with Gasteiger partial charge in [-0.15, -0.1) is 0 Å². The van der Waals surface area contributed by atoms with E-state index in [2.05, 4.69) is 70.8 Å². The molecule has 1 fully saturated rings.